The number of anilines is 2. The molecule has 0 aliphatic carbocycles. The number of carbonyl (C=O) groups excluding carboxylic acids is 2. The van der Waals surface area contributed by atoms with Gasteiger partial charge in [0.2, 0.25) is 0 Å². The Morgan fingerprint density at radius 3 is 2.36 bits per heavy atom. The molecule has 3 aromatic rings. The molecule has 2 bridgehead atoms. The first-order valence-electron chi connectivity index (χ1n) is 12.2. The number of carbonyl (C=O) groups is 2. The lowest BCUT2D eigenvalue weighted by atomic mass is 9.96. The van der Waals surface area contributed by atoms with Crippen molar-refractivity contribution in [3.63, 3.8) is 0 Å². The van der Waals surface area contributed by atoms with Gasteiger partial charge in [-0.1, -0.05) is 6.07 Å². The Morgan fingerprint density at radius 1 is 1.00 bits per heavy atom. The maximum atomic E-state index is 13.1. The summed E-state index contributed by atoms with van der Waals surface area (Å²) >= 11 is 0. The standard InChI is InChI=1S/C28H29FN4O3/c1-17-24(4-3-5-25(17)36-2)28(35)32-21-14-22-11-12-23(15-21)33(22)26-13-6-18(16-30-26)27(34)31-20-9-7-19(29)8-10-20/h3-10,13,16,21-23H,11-12,14-15H2,1-2H3,(H,31,34)(H,32,35)/t21?,22-,23+. The maximum absolute atomic E-state index is 13.1. The number of halogens is 1. The van der Waals surface area contributed by atoms with Crippen LogP contribution in [0, 0.1) is 12.7 Å². The first-order valence-corrected chi connectivity index (χ1v) is 12.2. The van der Waals surface area contributed by atoms with E-state index in [1.165, 1.54) is 24.3 Å². The van der Waals surface area contributed by atoms with Crippen molar-refractivity contribution in [1.82, 2.24) is 10.3 Å². The molecule has 2 fully saturated rings. The summed E-state index contributed by atoms with van der Waals surface area (Å²) in [6.45, 7) is 1.90. The molecule has 8 heteroatoms. The van der Waals surface area contributed by atoms with Crippen LogP contribution in [-0.4, -0.2) is 42.0 Å². The van der Waals surface area contributed by atoms with Gasteiger partial charge >= 0.3 is 0 Å². The van der Waals surface area contributed by atoms with Crippen LogP contribution in [0.5, 0.6) is 5.75 Å². The van der Waals surface area contributed by atoms with E-state index in [2.05, 4.69) is 20.5 Å². The molecule has 2 amide bonds. The predicted octanol–water partition coefficient (Wildman–Crippen LogP) is 4.72. The number of aromatic nitrogens is 1. The summed E-state index contributed by atoms with van der Waals surface area (Å²) in [5.74, 6) is 0.830. The zero-order valence-electron chi connectivity index (χ0n) is 20.3. The Labute approximate surface area is 209 Å². The molecule has 7 nitrogen and oxygen atoms in total. The van der Waals surface area contributed by atoms with E-state index in [1.54, 1.807) is 19.4 Å². The fourth-order valence-electron chi connectivity index (χ4n) is 5.42. The molecule has 1 unspecified atom stereocenters. The zero-order chi connectivity index (χ0) is 25.2. The largest absolute Gasteiger partial charge is 0.496 e. The molecule has 3 atom stereocenters. The summed E-state index contributed by atoms with van der Waals surface area (Å²) in [4.78, 5) is 32.5. The molecule has 2 saturated heterocycles. The molecule has 2 aliphatic rings. The lowest BCUT2D eigenvalue weighted by Gasteiger charge is -2.40. The van der Waals surface area contributed by atoms with Gasteiger partial charge in [0.25, 0.3) is 11.8 Å². The molecular weight excluding hydrogens is 459 g/mol. The second kappa shape index (κ2) is 9.97. The molecule has 5 rings (SSSR count). The fourth-order valence-corrected chi connectivity index (χ4v) is 5.42. The van der Waals surface area contributed by atoms with Gasteiger partial charge in [-0.15, -0.1) is 0 Å². The third kappa shape index (κ3) is 4.76. The Hall–Kier alpha value is -3.94. The number of nitrogens with one attached hydrogen (secondary N) is 2. The normalized spacial score (nSPS) is 20.6. The minimum absolute atomic E-state index is 0.0705. The highest BCUT2D eigenvalue weighted by molar-refractivity contribution is 6.04. The number of nitrogens with zero attached hydrogens (tertiary/aromatic N) is 2. The minimum atomic E-state index is -0.354. The Morgan fingerprint density at radius 2 is 1.72 bits per heavy atom. The molecule has 36 heavy (non-hydrogen) atoms. The van der Waals surface area contributed by atoms with Gasteiger partial charge in [-0.05, 0) is 81.1 Å². The van der Waals surface area contributed by atoms with Crippen LogP contribution in [-0.2, 0) is 0 Å². The number of rotatable bonds is 6. The van der Waals surface area contributed by atoms with Gasteiger partial charge in [-0.3, -0.25) is 9.59 Å². The molecule has 186 valence electrons. The second-order valence-corrected chi connectivity index (χ2v) is 9.43. The smallest absolute Gasteiger partial charge is 0.257 e. The second-order valence-electron chi connectivity index (χ2n) is 9.43. The van der Waals surface area contributed by atoms with Crippen molar-refractivity contribution in [3.8, 4) is 5.75 Å². The number of benzene rings is 2. The molecule has 0 spiro atoms. The minimum Gasteiger partial charge on any atom is -0.496 e. The summed E-state index contributed by atoms with van der Waals surface area (Å²) in [5.41, 5.74) is 2.44. The molecule has 2 aliphatic heterocycles. The van der Waals surface area contributed by atoms with E-state index in [1.807, 2.05) is 31.2 Å². The quantitative estimate of drug-likeness (QED) is 0.525. The monoisotopic (exact) mass is 488 g/mol. The highest BCUT2D eigenvalue weighted by Crippen LogP contribution is 2.38. The van der Waals surface area contributed by atoms with Crippen LogP contribution < -0.4 is 20.3 Å². The van der Waals surface area contributed by atoms with Crippen molar-refractivity contribution < 1.29 is 18.7 Å². The SMILES string of the molecule is COc1cccc(C(=O)NC2C[C@H]3CC[C@@H](C2)N3c2ccc(C(=O)Nc3ccc(F)cc3)cn2)c1C. The molecule has 2 N–H and O–H groups in total. The average Bonchev–Trinajstić information content (AvgIpc) is 3.15. The van der Waals surface area contributed by atoms with Gasteiger partial charge < -0.3 is 20.3 Å². The first-order chi connectivity index (χ1) is 17.4. The van der Waals surface area contributed by atoms with E-state index in [4.69, 9.17) is 4.74 Å². The third-order valence-corrected chi connectivity index (χ3v) is 7.19. The van der Waals surface area contributed by atoms with E-state index in [0.29, 0.717) is 22.6 Å². The average molecular weight is 489 g/mol. The summed E-state index contributed by atoms with van der Waals surface area (Å²) in [5, 5.41) is 5.99. The number of hydrogen-bond donors (Lipinski definition) is 2. The molecule has 3 heterocycles. The number of fused-ring (bicyclic) bond motifs is 2. The van der Waals surface area contributed by atoms with Gasteiger partial charge in [-0.2, -0.15) is 0 Å². The van der Waals surface area contributed by atoms with Crippen molar-refractivity contribution in [2.75, 3.05) is 17.3 Å². The lowest BCUT2D eigenvalue weighted by Crippen LogP contribution is -2.50. The van der Waals surface area contributed by atoms with Crippen LogP contribution in [0.25, 0.3) is 0 Å². The predicted molar refractivity (Wildman–Crippen MR) is 136 cm³/mol. The van der Waals surface area contributed by atoms with Crippen molar-refractivity contribution in [1.29, 1.82) is 0 Å². The van der Waals surface area contributed by atoms with E-state index in [0.717, 1.165) is 37.1 Å². The zero-order valence-corrected chi connectivity index (χ0v) is 20.3. The van der Waals surface area contributed by atoms with E-state index >= 15 is 0 Å². The molecule has 0 radical (unpaired) electrons. The summed E-state index contributed by atoms with van der Waals surface area (Å²) < 4.78 is 18.4. The van der Waals surface area contributed by atoms with Crippen LogP contribution >= 0.6 is 0 Å². The van der Waals surface area contributed by atoms with Crippen LogP contribution in [0.2, 0.25) is 0 Å². The number of amides is 2. The van der Waals surface area contributed by atoms with Gasteiger partial charge in [0.05, 0.1) is 12.7 Å². The highest BCUT2D eigenvalue weighted by atomic mass is 19.1. The third-order valence-electron chi connectivity index (χ3n) is 7.19. The van der Waals surface area contributed by atoms with Gasteiger partial charge in [0.15, 0.2) is 0 Å². The fraction of sp³-hybridized carbons (Fsp3) is 0.321. The van der Waals surface area contributed by atoms with Crippen molar-refractivity contribution in [2.45, 2.75) is 50.7 Å². The van der Waals surface area contributed by atoms with Crippen molar-refractivity contribution >= 4 is 23.3 Å². The van der Waals surface area contributed by atoms with Gasteiger partial charge in [-0.25, -0.2) is 9.37 Å². The number of piperidine rings is 1. The van der Waals surface area contributed by atoms with Crippen molar-refractivity contribution in [2.24, 2.45) is 0 Å². The lowest BCUT2D eigenvalue weighted by molar-refractivity contribution is 0.0925. The van der Waals surface area contributed by atoms with E-state index in [9.17, 15) is 14.0 Å². The number of pyridine rings is 1. The molecular formula is C28H29FN4O3. The van der Waals surface area contributed by atoms with E-state index in [-0.39, 0.29) is 35.8 Å². The molecule has 2 aromatic carbocycles. The summed E-state index contributed by atoms with van der Waals surface area (Å²) in [6.07, 6.45) is 5.36. The summed E-state index contributed by atoms with van der Waals surface area (Å²) in [6, 6.07) is 15.5. The topological polar surface area (TPSA) is 83.6 Å². The highest BCUT2D eigenvalue weighted by Gasteiger charge is 2.42. The molecule has 0 saturated carbocycles. The van der Waals surface area contributed by atoms with Crippen LogP contribution in [0.3, 0.4) is 0 Å². The maximum Gasteiger partial charge on any atom is 0.257 e. The number of methoxy groups -OCH3 is 1. The van der Waals surface area contributed by atoms with E-state index < -0.39 is 0 Å². The van der Waals surface area contributed by atoms with Crippen molar-refractivity contribution in [3.05, 3.63) is 83.3 Å². The Balaban J connectivity index is 1.22. The number of hydrogen-bond acceptors (Lipinski definition) is 5. The van der Waals surface area contributed by atoms with Crippen LogP contribution in [0.15, 0.2) is 60.8 Å². The Bertz CT molecular complexity index is 1250. The van der Waals surface area contributed by atoms with Gasteiger partial charge in [0, 0.05) is 41.1 Å². The molecule has 1 aromatic heterocycles. The van der Waals surface area contributed by atoms with Crippen LogP contribution in [0.1, 0.15) is 52.0 Å². The van der Waals surface area contributed by atoms with Crippen LogP contribution in [0.4, 0.5) is 15.9 Å². The Kier molecular flexibility index (Phi) is 6.59. The first kappa shape index (κ1) is 23.8. The number of ether oxygens (including phenoxy) is 1. The van der Waals surface area contributed by atoms with Gasteiger partial charge in [0.1, 0.15) is 17.4 Å². The summed E-state index contributed by atoms with van der Waals surface area (Å²) in [7, 11) is 1.61.